The third-order valence-corrected chi connectivity index (χ3v) is 8.54. The van der Waals surface area contributed by atoms with Crippen LogP contribution >= 0.6 is 11.8 Å². The zero-order valence-electron chi connectivity index (χ0n) is 16.7. The van der Waals surface area contributed by atoms with E-state index in [1.165, 1.54) is 44.6 Å². The van der Waals surface area contributed by atoms with Gasteiger partial charge in [-0.1, -0.05) is 6.07 Å². The number of aromatic hydroxyl groups is 2. The molecule has 0 fully saturated rings. The van der Waals surface area contributed by atoms with Gasteiger partial charge in [0.2, 0.25) is 19.7 Å². The zero-order valence-corrected chi connectivity index (χ0v) is 19.1. The summed E-state index contributed by atoms with van der Waals surface area (Å²) in [5.41, 5.74) is -0.194. The van der Waals surface area contributed by atoms with Crippen molar-refractivity contribution in [1.29, 1.82) is 0 Å². The van der Waals surface area contributed by atoms with Crippen LogP contribution in [-0.4, -0.2) is 41.3 Å². The zero-order chi connectivity index (χ0) is 23.7. The van der Waals surface area contributed by atoms with E-state index in [2.05, 4.69) is 4.84 Å². The molecule has 0 heterocycles. The first kappa shape index (κ1) is 23.5. The Hall–Kier alpha value is -3.15. The number of sulfone groups is 2. The fourth-order valence-electron chi connectivity index (χ4n) is 3.00. The summed E-state index contributed by atoms with van der Waals surface area (Å²) in [6.45, 7) is 0. The molecule has 0 saturated carbocycles. The number of hydrogen-bond acceptors (Lipinski definition) is 9. The van der Waals surface area contributed by atoms with Gasteiger partial charge in [-0.25, -0.2) is 16.8 Å². The molecule has 3 rings (SSSR count). The minimum Gasteiger partial charge on any atom is -0.504 e. The van der Waals surface area contributed by atoms with E-state index in [0.717, 1.165) is 24.3 Å². The van der Waals surface area contributed by atoms with Crippen LogP contribution in [0.2, 0.25) is 0 Å². The summed E-state index contributed by atoms with van der Waals surface area (Å²) >= 11 is 5.70. The molecule has 0 saturated heterocycles. The molecule has 0 aliphatic carbocycles. The second kappa shape index (κ2) is 8.77. The summed E-state index contributed by atoms with van der Waals surface area (Å²) in [4.78, 5) is 0.215. The normalized spacial score (nSPS) is 11.7. The van der Waals surface area contributed by atoms with Gasteiger partial charge in [0, 0.05) is 23.9 Å². The predicted molar refractivity (Wildman–Crippen MR) is 116 cm³/mol. The maximum atomic E-state index is 13.4. The lowest BCUT2D eigenvalue weighted by atomic mass is 10.3. The van der Waals surface area contributed by atoms with E-state index < -0.39 is 41.0 Å². The third kappa shape index (κ3) is 4.01. The number of anilines is 1. The second-order valence-corrected chi connectivity index (χ2v) is 10.4. The molecule has 0 amide bonds. The summed E-state index contributed by atoms with van der Waals surface area (Å²) in [6.07, 6.45) is 0. The van der Waals surface area contributed by atoms with Crippen molar-refractivity contribution in [3.8, 4) is 23.0 Å². The smallest absolute Gasteiger partial charge is 0.210 e. The van der Waals surface area contributed by atoms with E-state index >= 15 is 0 Å². The highest BCUT2D eigenvalue weighted by Gasteiger charge is 2.33. The second-order valence-electron chi connectivity index (χ2n) is 6.40. The van der Waals surface area contributed by atoms with Gasteiger partial charge in [0.25, 0.3) is 0 Å². The minimum absolute atomic E-state index is 0.0363. The Labute approximate surface area is 189 Å². The van der Waals surface area contributed by atoms with E-state index in [1.54, 1.807) is 0 Å². The Morgan fingerprint density at radius 1 is 0.781 bits per heavy atom. The molecule has 0 spiro atoms. The van der Waals surface area contributed by atoms with Gasteiger partial charge < -0.3 is 19.7 Å². The fourth-order valence-corrected chi connectivity index (χ4v) is 6.74. The molecule has 170 valence electrons. The third-order valence-electron chi connectivity index (χ3n) is 4.56. The van der Waals surface area contributed by atoms with Crippen LogP contribution < -0.4 is 14.3 Å². The number of phenolic OH excluding ortho intramolecular Hbond substituents is 2. The molecule has 3 N–H and O–H groups in total. The Bertz CT molecular complexity index is 1390. The lowest BCUT2D eigenvalue weighted by Crippen LogP contribution is -2.13. The summed E-state index contributed by atoms with van der Waals surface area (Å²) in [5.74, 6) is -0.810. The van der Waals surface area contributed by atoms with Crippen molar-refractivity contribution in [2.45, 2.75) is 19.6 Å². The average molecular weight is 500 g/mol. The molecule has 0 bridgehead atoms. The van der Waals surface area contributed by atoms with Crippen LogP contribution in [0.1, 0.15) is 0 Å². The average Bonchev–Trinajstić information content (AvgIpc) is 2.78. The largest absolute Gasteiger partial charge is 0.504 e. The van der Waals surface area contributed by atoms with Crippen LogP contribution in [0, 0.1) is 0 Å². The van der Waals surface area contributed by atoms with Crippen LogP contribution in [0.3, 0.4) is 0 Å². The lowest BCUT2D eigenvalue weighted by molar-refractivity contribution is 0.372. The molecular formula is C20H18ClNO8S2. The van der Waals surface area contributed by atoms with Crippen molar-refractivity contribution in [3.63, 3.8) is 0 Å². The monoisotopic (exact) mass is 499 g/mol. The summed E-state index contributed by atoms with van der Waals surface area (Å²) in [7, 11) is -6.35. The van der Waals surface area contributed by atoms with Crippen molar-refractivity contribution < 1.29 is 36.5 Å². The first-order chi connectivity index (χ1) is 15.1. The first-order valence-electron chi connectivity index (χ1n) is 8.81. The molecular weight excluding hydrogens is 482 g/mol. The highest BCUT2D eigenvalue weighted by Crippen LogP contribution is 2.39. The Morgan fingerprint density at radius 2 is 1.28 bits per heavy atom. The fraction of sp³-hybridized carbons (Fsp3) is 0.100. The molecule has 3 aromatic rings. The molecule has 9 nitrogen and oxygen atoms in total. The van der Waals surface area contributed by atoms with Crippen molar-refractivity contribution in [2.24, 2.45) is 0 Å². The van der Waals surface area contributed by atoms with Crippen LogP contribution in [-0.2, 0) is 19.7 Å². The van der Waals surface area contributed by atoms with Gasteiger partial charge in [0.05, 0.1) is 34.6 Å². The Morgan fingerprint density at radius 3 is 1.72 bits per heavy atom. The molecule has 0 unspecified atom stereocenters. The first-order valence-corrected chi connectivity index (χ1v) is 12.2. The van der Waals surface area contributed by atoms with E-state index in [1.807, 2.05) is 0 Å². The Balaban J connectivity index is 2.29. The topological polar surface area (TPSA) is 139 Å². The maximum absolute atomic E-state index is 13.4. The van der Waals surface area contributed by atoms with Crippen molar-refractivity contribution in [3.05, 3.63) is 54.6 Å². The number of benzene rings is 3. The van der Waals surface area contributed by atoms with Gasteiger partial charge in [-0.15, -0.1) is 0 Å². The van der Waals surface area contributed by atoms with Crippen molar-refractivity contribution >= 4 is 37.1 Å². The summed E-state index contributed by atoms with van der Waals surface area (Å²) < 4.78 is 63.5. The number of rotatable bonds is 7. The van der Waals surface area contributed by atoms with E-state index in [0.29, 0.717) is 0 Å². The van der Waals surface area contributed by atoms with E-state index in [-0.39, 0.29) is 27.0 Å². The van der Waals surface area contributed by atoms with Gasteiger partial charge in [-0.05, 0) is 36.4 Å². The molecule has 12 heteroatoms. The van der Waals surface area contributed by atoms with Crippen LogP contribution in [0.5, 0.6) is 23.0 Å². The molecule has 0 radical (unpaired) electrons. The van der Waals surface area contributed by atoms with Gasteiger partial charge in [-0.2, -0.15) is 0 Å². The summed E-state index contributed by atoms with van der Waals surface area (Å²) in [6, 6.07) is 10.4. The highest BCUT2D eigenvalue weighted by atomic mass is 35.5. The number of halogens is 1. The molecule has 32 heavy (non-hydrogen) atoms. The SMILES string of the molecule is COc1ccc(S(=O)(=O)c2cccc(NCl)c2S(=O)(=O)c2ccc(OC)c(O)c2)cc1O. The minimum atomic E-state index is -4.50. The van der Waals surface area contributed by atoms with E-state index in [4.69, 9.17) is 21.3 Å². The quantitative estimate of drug-likeness (QED) is 0.417. The van der Waals surface area contributed by atoms with Crippen LogP contribution in [0.15, 0.2) is 74.2 Å². The van der Waals surface area contributed by atoms with Gasteiger partial charge >= 0.3 is 0 Å². The molecule has 0 aliphatic rings. The van der Waals surface area contributed by atoms with Gasteiger partial charge in [-0.3, -0.25) is 4.84 Å². The van der Waals surface area contributed by atoms with Crippen LogP contribution in [0.4, 0.5) is 5.69 Å². The Kier molecular flexibility index (Phi) is 6.44. The van der Waals surface area contributed by atoms with Crippen molar-refractivity contribution in [1.82, 2.24) is 0 Å². The number of phenols is 2. The lowest BCUT2D eigenvalue weighted by Gasteiger charge is -2.16. The van der Waals surface area contributed by atoms with Gasteiger partial charge in [0.15, 0.2) is 23.0 Å². The number of ether oxygens (including phenoxy) is 2. The molecule has 3 aromatic carbocycles. The highest BCUT2D eigenvalue weighted by molar-refractivity contribution is 7.94. The molecule has 0 aliphatic heterocycles. The summed E-state index contributed by atoms with van der Waals surface area (Å²) in [5, 5.41) is 20.0. The number of methoxy groups -OCH3 is 2. The predicted octanol–water partition coefficient (Wildman–Crippen LogP) is 3.35. The standard InChI is InChI=1S/C20H18ClNO8S2/c1-29-17-8-6-12(10-15(17)23)31(25,26)19-5-3-4-14(22-21)20(19)32(27,28)13-7-9-18(30-2)16(24)11-13/h3-11,22-24H,1-2H3. The number of nitrogens with one attached hydrogen (secondary N) is 1. The number of hydrogen-bond donors (Lipinski definition) is 3. The van der Waals surface area contributed by atoms with Gasteiger partial charge in [0.1, 0.15) is 4.90 Å². The maximum Gasteiger partial charge on any atom is 0.210 e. The van der Waals surface area contributed by atoms with Crippen LogP contribution in [0.25, 0.3) is 0 Å². The molecule has 0 atom stereocenters. The van der Waals surface area contributed by atoms with Crippen molar-refractivity contribution in [2.75, 3.05) is 19.1 Å². The molecule has 0 aromatic heterocycles. The van der Waals surface area contributed by atoms with E-state index in [9.17, 15) is 27.0 Å².